The lowest BCUT2D eigenvalue weighted by atomic mass is 9.62. The van der Waals surface area contributed by atoms with Crippen LogP contribution in [0.15, 0.2) is 212 Å². The van der Waals surface area contributed by atoms with E-state index in [4.69, 9.17) is 43.4 Å². The van der Waals surface area contributed by atoms with E-state index in [0.717, 1.165) is 97.4 Å². The summed E-state index contributed by atoms with van der Waals surface area (Å²) < 4.78 is 44.2. The molecule has 0 saturated heterocycles. The number of rotatable bonds is 42. The average Bonchev–Trinajstić information content (AvgIpc) is 1.24. The number of hydrogen-bond acceptors (Lipinski definition) is 19. The molecule has 28 nitrogen and oxygen atoms in total. The minimum Gasteiger partial charge on any atom is -0.457 e. The molecule has 4 N–H and O–H groups in total. The molecule has 2 aliphatic carbocycles. The Morgan fingerprint density at radius 3 is 1.34 bits per heavy atom. The van der Waals surface area contributed by atoms with Gasteiger partial charge in [0.05, 0.1) is 114 Å². The van der Waals surface area contributed by atoms with Gasteiger partial charge in [-0.25, -0.2) is 14.3 Å². The lowest BCUT2D eigenvalue weighted by Crippen LogP contribution is -2.35. The molecular weight excluding hydrogens is 1770 g/mol. The molecule has 0 atom stereocenters. The minimum absolute atomic E-state index is 0.0578. The first kappa shape index (κ1) is 107. The lowest BCUT2D eigenvalue weighted by Gasteiger charge is -2.42. The Morgan fingerprint density at radius 1 is 0.443 bits per heavy atom. The topological polar surface area (TPSA) is 344 Å². The third kappa shape index (κ3) is 28.7. The second-order valence-corrected chi connectivity index (χ2v) is 37.6. The van der Waals surface area contributed by atoms with Crippen molar-refractivity contribution >= 4 is 69.9 Å². The van der Waals surface area contributed by atoms with Crippen molar-refractivity contribution in [1.29, 1.82) is 0 Å². The Labute approximate surface area is 822 Å². The van der Waals surface area contributed by atoms with Crippen LogP contribution in [0.4, 0.5) is 11.4 Å². The molecule has 1 aromatic heterocycles. The van der Waals surface area contributed by atoms with Crippen LogP contribution in [0.1, 0.15) is 205 Å². The maximum absolute atomic E-state index is 13.8. The number of methoxy groups -OCH3 is 2. The maximum atomic E-state index is 13.8. The molecule has 3 heterocycles. The second kappa shape index (κ2) is 50.7. The van der Waals surface area contributed by atoms with E-state index >= 15 is 0 Å². The normalized spacial score (nSPS) is 13.9. The van der Waals surface area contributed by atoms with Crippen molar-refractivity contribution in [2.24, 2.45) is 5.11 Å². The van der Waals surface area contributed by atoms with Gasteiger partial charge in [0.1, 0.15) is 18.9 Å². The van der Waals surface area contributed by atoms with E-state index in [-0.39, 0.29) is 161 Å². The standard InChI is InChI=1S/C56H66N6O8.C32H40N4O4.C24H26N2O4/c1-37-33-46-47(56(6,7)24-23-55(46,4)5)34-45(37)39(3)40-17-19-41(20-18-40)54(66)70-36-38(2)53(65)58-26-29-69-30-27-62-52-43-14-10-9-13-42(43)35-61(48-16-12-11-15-44(48)51(52)59-60-62)50(64)21-25-57-49(63)22-28-68-32-31-67-8;1-21-18-27-28(32(6,7)13-12-31(27,4)5)19-26(21)23(3)24-8-10-25(11-9-24)30(38)40-20-22(2)29(37)34-14-16-39-17-15-35-36-33;1-29-16-17-30-15-13-23(27)25-14-12-24(28)26-18-21-8-3-2-6-19(21)10-11-20-7-4-5-9-22(20)26/h9-20,33-34H,2-3,21-32,35-36H2,1,4-8H3,(H,57,63)(H,58,65);8-11,18-19H,2-3,12-17,20H2,1,4-7H3,(H,34,37);2-9H,12-18H2,1H3,(H,25,27). The van der Waals surface area contributed by atoms with Crippen molar-refractivity contribution in [3.05, 3.63) is 307 Å². The zero-order chi connectivity index (χ0) is 101. The van der Waals surface area contributed by atoms with E-state index in [0.29, 0.717) is 75.2 Å². The van der Waals surface area contributed by atoms with Crippen molar-refractivity contribution in [3.8, 4) is 34.4 Å². The van der Waals surface area contributed by atoms with Gasteiger partial charge in [-0.15, -0.1) is 5.10 Å². The van der Waals surface area contributed by atoms with Gasteiger partial charge in [0.2, 0.25) is 35.4 Å². The maximum Gasteiger partial charge on any atom is 0.338 e. The number of para-hydroxylation sites is 2. The summed E-state index contributed by atoms with van der Waals surface area (Å²) in [5.74, 6) is 3.89. The monoisotopic (exact) mass is 1900 g/mol. The average molecular weight is 1900 g/mol. The fourth-order valence-corrected chi connectivity index (χ4v) is 17.1. The van der Waals surface area contributed by atoms with Crippen LogP contribution in [0.2, 0.25) is 0 Å². The predicted molar refractivity (Wildman–Crippen MR) is 545 cm³/mol. The van der Waals surface area contributed by atoms with Crippen LogP contribution >= 0.6 is 0 Å². The molecule has 0 radical (unpaired) electrons. The molecular formula is C112H132N12O16. The van der Waals surface area contributed by atoms with Crippen LogP contribution < -0.4 is 31.1 Å². The lowest BCUT2D eigenvalue weighted by molar-refractivity contribution is -0.124. The van der Waals surface area contributed by atoms with Gasteiger partial charge in [0.15, 0.2) is 0 Å². The number of ether oxygens (including phenoxy) is 8. The van der Waals surface area contributed by atoms with Gasteiger partial charge in [-0.3, -0.25) is 28.8 Å². The molecule has 140 heavy (non-hydrogen) atoms. The Kier molecular flexibility index (Phi) is 38.7. The quantitative estimate of drug-likeness (QED) is 0.00525. The van der Waals surface area contributed by atoms with Crippen molar-refractivity contribution in [2.75, 3.05) is 136 Å². The first-order chi connectivity index (χ1) is 67.1. The van der Waals surface area contributed by atoms with Gasteiger partial charge < -0.3 is 69.0 Å². The summed E-state index contributed by atoms with van der Waals surface area (Å²) in [5.41, 5.74) is 31.6. The molecule has 9 aromatic rings. The summed E-state index contributed by atoms with van der Waals surface area (Å²) in [5, 5.41) is 23.5. The molecule has 736 valence electrons. The van der Waals surface area contributed by atoms with Gasteiger partial charge in [-0.1, -0.05) is 225 Å². The van der Waals surface area contributed by atoms with Crippen LogP contribution in [0.25, 0.3) is 44.1 Å². The number of esters is 2. The van der Waals surface area contributed by atoms with Gasteiger partial charge in [-0.2, -0.15) is 0 Å². The molecule has 4 aliphatic rings. The highest BCUT2D eigenvalue weighted by atomic mass is 16.5. The highest BCUT2D eigenvalue weighted by Crippen LogP contribution is 2.50. The van der Waals surface area contributed by atoms with Crippen molar-refractivity contribution in [2.45, 2.75) is 162 Å². The van der Waals surface area contributed by atoms with E-state index < -0.39 is 23.8 Å². The van der Waals surface area contributed by atoms with Gasteiger partial charge in [0.25, 0.3) is 0 Å². The Bertz CT molecular complexity index is 6110. The zero-order valence-corrected chi connectivity index (χ0v) is 82.9. The van der Waals surface area contributed by atoms with E-state index in [1.807, 2.05) is 121 Å². The number of carbonyl (C=O) groups is 8. The molecule has 0 spiro atoms. The largest absolute Gasteiger partial charge is 0.457 e. The molecule has 28 heteroatoms. The van der Waals surface area contributed by atoms with Gasteiger partial charge in [-0.05, 0) is 193 Å². The number of carbonyl (C=O) groups excluding carboxylic acids is 8. The third-order valence-electron chi connectivity index (χ3n) is 25.7. The Morgan fingerprint density at radius 2 is 0.850 bits per heavy atom. The van der Waals surface area contributed by atoms with Crippen molar-refractivity contribution in [3.63, 3.8) is 0 Å². The molecule has 0 bridgehead atoms. The summed E-state index contributed by atoms with van der Waals surface area (Å²) in [4.78, 5) is 108. The number of hydrogen-bond donors (Lipinski definition) is 4. The summed E-state index contributed by atoms with van der Waals surface area (Å²) >= 11 is 0. The summed E-state index contributed by atoms with van der Waals surface area (Å²) in [7, 11) is 3.19. The third-order valence-corrected chi connectivity index (χ3v) is 25.7. The number of nitrogens with zero attached hydrogens (tertiary/aromatic N) is 8. The number of azide groups is 1. The van der Waals surface area contributed by atoms with Crippen LogP contribution in [0.3, 0.4) is 0 Å². The fourth-order valence-electron chi connectivity index (χ4n) is 17.1. The molecule has 0 fully saturated rings. The molecule has 8 aromatic carbocycles. The van der Waals surface area contributed by atoms with E-state index in [2.05, 4.69) is 173 Å². The fraction of sp³-hybridized carbons (Fsp3) is 0.393. The smallest absolute Gasteiger partial charge is 0.338 e. The first-order valence-electron chi connectivity index (χ1n) is 47.6. The summed E-state index contributed by atoms with van der Waals surface area (Å²) in [6.45, 7) is 44.4. The van der Waals surface area contributed by atoms with Gasteiger partial charge >= 0.3 is 11.9 Å². The Balaban J connectivity index is 0.000000225. The van der Waals surface area contributed by atoms with Crippen LogP contribution in [-0.2, 0) is 108 Å². The van der Waals surface area contributed by atoms with E-state index in [9.17, 15) is 38.4 Å². The number of benzene rings is 8. The highest BCUT2D eigenvalue weighted by Gasteiger charge is 2.40. The number of aryl methyl sites for hydroxylation is 2. The van der Waals surface area contributed by atoms with E-state index in [1.54, 1.807) is 53.0 Å². The highest BCUT2D eigenvalue weighted by molar-refractivity contribution is 6.01. The van der Waals surface area contributed by atoms with Crippen LogP contribution in [-0.4, -0.2) is 189 Å². The molecule has 0 unspecified atom stereocenters. The van der Waals surface area contributed by atoms with Gasteiger partial charge in [0, 0.05) is 111 Å². The molecule has 2 aliphatic heterocycles. The molecule has 6 amide bonds. The molecule has 0 saturated carbocycles. The Hall–Kier alpha value is -13.8. The zero-order valence-electron chi connectivity index (χ0n) is 82.9. The van der Waals surface area contributed by atoms with Crippen LogP contribution in [0.5, 0.6) is 0 Å². The minimum atomic E-state index is -0.559. The number of aromatic nitrogens is 3. The van der Waals surface area contributed by atoms with Crippen LogP contribution in [0, 0.1) is 25.7 Å². The second-order valence-electron chi connectivity index (χ2n) is 37.6. The predicted octanol–water partition coefficient (Wildman–Crippen LogP) is 17.3. The molecule has 13 rings (SSSR count). The van der Waals surface area contributed by atoms with Crippen molar-refractivity contribution < 1.29 is 76.3 Å². The summed E-state index contributed by atoms with van der Waals surface area (Å²) in [6, 6.07) is 54.6. The SMILES string of the molecule is C=C(COC(=O)c1ccc(C(=C)c2cc3c(cc2C)C(C)(C)CCC3(C)C)cc1)C(=O)NCCOCCN=[N+]=[N-].C=C(COC(=O)c1ccc(C(=C)c2cc3c(cc2C)C(C)(C)CCC3(C)C)cc1)C(=O)NCCOCCn1nnc2c1-c1ccccc1CN(C(=O)CCNC(=O)CCOCCOC)c1ccccc1-2.COCCOCCC(=O)NCCC(=O)N1Cc2ccccc2C#Cc2ccccc21. The first-order valence-corrected chi connectivity index (χ1v) is 47.6. The number of fused-ring (bicyclic) bond motifs is 9. The number of amides is 6. The summed E-state index contributed by atoms with van der Waals surface area (Å²) in [6.07, 6.45) is 5.34. The number of anilines is 2. The number of nitrogens with one attached hydrogen (secondary N) is 4. The van der Waals surface area contributed by atoms with Crippen molar-refractivity contribution in [1.82, 2.24) is 36.3 Å². The van der Waals surface area contributed by atoms with E-state index in [1.165, 1.54) is 39.8 Å².